The van der Waals surface area contributed by atoms with Gasteiger partial charge in [0.1, 0.15) is 0 Å². The number of carbonyl (C=O) groups excluding carboxylic acids is 1. The summed E-state index contributed by atoms with van der Waals surface area (Å²) in [6.07, 6.45) is 0. The van der Waals surface area contributed by atoms with Crippen molar-refractivity contribution >= 4 is 41.5 Å². The van der Waals surface area contributed by atoms with Crippen LogP contribution >= 0.6 is 0 Å². The number of esters is 1. The first-order valence-electron chi connectivity index (χ1n) is 2.99. The summed E-state index contributed by atoms with van der Waals surface area (Å²) in [5, 5.41) is 8.28. The van der Waals surface area contributed by atoms with Gasteiger partial charge in [-0.15, -0.1) is 0 Å². The van der Waals surface area contributed by atoms with Crippen molar-refractivity contribution < 1.29 is 19.4 Å². The van der Waals surface area contributed by atoms with Crippen molar-refractivity contribution in [3.63, 3.8) is 0 Å². The molecule has 0 saturated carbocycles. The van der Waals surface area contributed by atoms with Crippen LogP contribution in [0.15, 0.2) is 0 Å². The fourth-order valence-electron chi connectivity index (χ4n) is 0.368. The average Bonchev–Trinajstić information content (AvgIpc) is 1.87. The zero-order valence-electron chi connectivity index (χ0n) is 5.96. The fraction of sp³-hybridized carbons (Fsp3) is 0.667. The van der Waals surface area contributed by atoms with Gasteiger partial charge in [-0.2, -0.15) is 0 Å². The Bertz CT molecular complexity index is 146. The molecule has 0 fully saturated rings. The minimum absolute atomic E-state index is 0. The third kappa shape index (κ3) is 5.24. The molecular formula is C6H11NaO4. The van der Waals surface area contributed by atoms with E-state index in [0.717, 1.165) is 0 Å². The molecule has 0 radical (unpaired) electrons. The molecule has 1 atom stereocenters. The van der Waals surface area contributed by atoms with Gasteiger partial charge in [-0.05, 0) is 13.8 Å². The Balaban J connectivity index is 0. The Kier molecular flexibility index (Phi) is 8.16. The summed E-state index contributed by atoms with van der Waals surface area (Å²) in [4.78, 5) is 20.7. The Labute approximate surface area is 87.2 Å². The quantitative estimate of drug-likeness (QED) is 0.356. The van der Waals surface area contributed by atoms with Gasteiger partial charge in [0.25, 0.3) is 0 Å². The monoisotopic (exact) mass is 170 g/mol. The molecule has 0 heterocycles. The summed E-state index contributed by atoms with van der Waals surface area (Å²) in [5.74, 6) is -2.89. The second-order valence-electron chi connectivity index (χ2n) is 1.81. The van der Waals surface area contributed by atoms with Crippen LogP contribution in [-0.4, -0.2) is 53.2 Å². The van der Waals surface area contributed by atoms with Crippen molar-refractivity contribution in [2.24, 2.45) is 5.92 Å². The maximum atomic E-state index is 10.6. The summed E-state index contributed by atoms with van der Waals surface area (Å²) in [6.45, 7) is 3.14. The molecule has 0 aliphatic rings. The second-order valence-corrected chi connectivity index (χ2v) is 1.81. The number of rotatable bonds is 3. The molecule has 0 bridgehead atoms. The van der Waals surface area contributed by atoms with Gasteiger partial charge in [-0.1, -0.05) is 0 Å². The van der Waals surface area contributed by atoms with Gasteiger partial charge in [0.05, 0.1) is 6.61 Å². The molecule has 0 aliphatic heterocycles. The number of hydrogen-bond donors (Lipinski definition) is 1. The van der Waals surface area contributed by atoms with Gasteiger partial charge >= 0.3 is 41.5 Å². The zero-order chi connectivity index (χ0) is 8.15. The molecule has 5 heteroatoms. The molecule has 11 heavy (non-hydrogen) atoms. The van der Waals surface area contributed by atoms with Gasteiger partial charge in [-0.3, -0.25) is 9.59 Å². The van der Waals surface area contributed by atoms with Crippen molar-refractivity contribution in [1.29, 1.82) is 0 Å². The van der Waals surface area contributed by atoms with Crippen LogP contribution in [0.25, 0.3) is 0 Å². The van der Waals surface area contributed by atoms with Gasteiger partial charge < -0.3 is 9.84 Å². The van der Waals surface area contributed by atoms with Gasteiger partial charge in [0.2, 0.25) is 0 Å². The summed E-state index contributed by atoms with van der Waals surface area (Å²) < 4.78 is 4.45. The minimum atomic E-state index is -1.15. The third-order valence-electron chi connectivity index (χ3n) is 1.01. The first-order valence-corrected chi connectivity index (χ1v) is 2.99. The maximum absolute atomic E-state index is 10.6. The van der Waals surface area contributed by atoms with E-state index in [1.807, 2.05) is 0 Å². The predicted molar refractivity (Wildman–Crippen MR) is 40.6 cm³/mol. The Morgan fingerprint density at radius 2 is 2.00 bits per heavy atom. The number of carbonyl (C=O) groups is 2. The van der Waals surface area contributed by atoms with Crippen LogP contribution in [0.4, 0.5) is 0 Å². The summed E-state index contributed by atoms with van der Waals surface area (Å²) in [7, 11) is 0. The third-order valence-corrected chi connectivity index (χ3v) is 1.01. The summed E-state index contributed by atoms with van der Waals surface area (Å²) in [6, 6.07) is 0. The molecule has 60 valence electrons. The van der Waals surface area contributed by atoms with Crippen molar-refractivity contribution in [3.8, 4) is 0 Å². The Hall–Kier alpha value is -0.0600. The molecule has 1 unspecified atom stereocenters. The molecule has 0 aromatic heterocycles. The number of carboxylic acid groups (broad SMARTS) is 1. The van der Waals surface area contributed by atoms with Crippen LogP contribution in [-0.2, 0) is 14.3 Å². The number of aliphatic carboxylic acids is 1. The van der Waals surface area contributed by atoms with Crippen molar-refractivity contribution in [1.82, 2.24) is 0 Å². The molecular weight excluding hydrogens is 159 g/mol. The van der Waals surface area contributed by atoms with Gasteiger partial charge in [-0.25, -0.2) is 0 Å². The van der Waals surface area contributed by atoms with E-state index in [0.29, 0.717) is 0 Å². The zero-order valence-corrected chi connectivity index (χ0v) is 5.96. The molecule has 0 aromatic rings. The molecule has 1 N–H and O–H groups in total. The van der Waals surface area contributed by atoms with E-state index >= 15 is 0 Å². The second kappa shape index (κ2) is 6.64. The van der Waals surface area contributed by atoms with Crippen molar-refractivity contribution in [2.75, 3.05) is 6.61 Å². The van der Waals surface area contributed by atoms with Crippen LogP contribution in [0.1, 0.15) is 13.8 Å². The number of hydrogen-bond acceptors (Lipinski definition) is 3. The van der Waals surface area contributed by atoms with E-state index < -0.39 is 17.9 Å². The van der Waals surface area contributed by atoms with Gasteiger partial charge in [0, 0.05) is 0 Å². The molecule has 0 amide bonds. The fourth-order valence-corrected chi connectivity index (χ4v) is 0.368. The normalized spacial score (nSPS) is 11.1. The molecule has 0 rings (SSSR count). The summed E-state index contributed by atoms with van der Waals surface area (Å²) >= 11 is 0. The van der Waals surface area contributed by atoms with Crippen LogP contribution in [0.3, 0.4) is 0 Å². The van der Waals surface area contributed by atoms with Crippen LogP contribution in [0.2, 0.25) is 0 Å². The standard InChI is InChI=1S/C6H10O4.Na.H/c1-3-10-6(9)4(2)5(7)8;;/h4H,3H2,1-2H3,(H,7,8);;. The van der Waals surface area contributed by atoms with E-state index in [9.17, 15) is 9.59 Å². The number of carboxylic acids is 1. The van der Waals surface area contributed by atoms with Crippen LogP contribution in [0, 0.1) is 5.92 Å². The molecule has 4 nitrogen and oxygen atoms in total. The number of ether oxygens (including phenoxy) is 1. The topological polar surface area (TPSA) is 63.6 Å². The SMILES string of the molecule is CCOC(=O)C(C)C(=O)O.[NaH]. The average molecular weight is 170 g/mol. The predicted octanol–water partition coefficient (Wildman–Crippen LogP) is -0.378. The van der Waals surface area contributed by atoms with E-state index in [2.05, 4.69) is 4.74 Å². The molecule has 0 aliphatic carbocycles. The van der Waals surface area contributed by atoms with Crippen molar-refractivity contribution in [2.45, 2.75) is 13.8 Å². The van der Waals surface area contributed by atoms with Crippen LogP contribution < -0.4 is 0 Å². The van der Waals surface area contributed by atoms with Crippen LogP contribution in [0.5, 0.6) is 0 Å². The van der Waals surface area contributed by atoms with E-state index in [-0.39, 0.29) is 36.2 Å². The first kappa shape index (κ1) is 13.5. The van der Waals surface area contributed by atoms with E-state index in [1.165, 1.54) is 6.92 Å². The Morgan fingerprint density at radius 1 is 1.55 bits per heavy atom. The molecule has 0 saturated heterocycles. The van der Waals surface area contributed by atoms with E-state index in [1.54, 1.807) is 6.92 Å². The molecule has 0 aromatic carbocycles. The first-order chi connectivity index (χ1) is 4.59. The van der Waals surface area contributed by atoms with Gasteiger partial charge in [0.15, 0.2) is 5.92 Å². The summed E-state index contributed by atoms with van der Waals surface area (Å²) in [5.41, 5.74) is 0. The molecule has 0 spiro atoms. The van der Waals surface area contributed by atoms with E-state index in [4.69, 9.17) is 5.11 Å². The van der Waals surface area contributed by atoms with Crippen molar-refractivity contribution in [3.05, 3.63) is 0 Å². The Morgan fingerprint density at radius 3 is 2.27 bits per heavy atom.